The molecule has 0 fully saturated rings. The van der Waals surface area contributed by atoms with Crippen LogP contribution in [0.25, 0.3) is 10.9 Å². The lowest BCUT2D eigenvalue weighted by Gasteiger charge is -2.19. The minimum atomic E-state index is -1.13. The number of aryl methyl sites for hydroxylation is 2. The van der Waals surface area contributed by atoms with Gasteiger partial charge in [0.2, 0.25) is 0 Å². The maximum Gasteiger partial charge on any atom is 0.343 e. The lowest BCUT2D eigenvalue weighted by atomic mass is 9.87. The van der Waals surface area contributed by atoms with Gasteiger partial charge in [-0.2, -0.15) is 0 Å². The summed E-state index contributed by atoms with van der Waals surface area (Å²) in [5.74, 6) is -3.32. The van der Waals surface area contributed by atoms with Gasteiger partial charge in [0.25, 0.3) is 11.1 Å². The summed E-state index contributed by atoms with van der Waals surface area (Å²) in [6.07, 6.45) is 1.35. The summed E-state index contributed by atoms with van der Waals surface area (Å²) in [7, 11) is 2.32. The molecule has 3 heterocycles. The number of pyridine rings is 2. The number of carbonyl (C=O) groups excluding carboxylic acids is 2. The maximum absolute atomic E-state index is 13.4. The number of methoxy groups -OCH3 is 2. The Balaban J connectivity index is 2.01. The van der Waals surface area contributed by atoms with Crippen molar-refractivity contribution in [2.45, 2.75) is 25.3 Å². The molecule has 9 heteroatoms. The van der Waals surface area contributed by atoms with Crippen LogP contribution in [0.5, 0.6) is 5.75 Å². The highest BCUT2D eigenvalue weighted by molar-refractivity contribution is 5.92. The fourth-order valence-electron chi connectivity index (χ4n) is 4.18. The highest BCUT2D eigenvalue weighted by Gasteiger charge is 2.31. The fourth-order valence-corrected chi connectivity index (χ4v) is 4.18. The van der Waals surface area contributed by atoms with Crippen molar-refractivity contribution in [1.29, 1.82) is 0 Å². The molecule has 0 bridgehead atoms. The molecular formula is C22H20N2O7. The molecule has 0 aliphatic carbocycles. The summed E-state index contributed by atoms with van der Waals surface area (Å²) >= 11 is 0. The van der Waals surface area contributed by atoms with Crippen molar-refractivity contribution in [2.75, 3.05) is 14.2 Å². The number of rotatable bonds is 5. The molecular weight excluding hydrogens is 404 g/mol. The third-order valence-electron chi connectivity index (χ3n) is 5.66. The summed E-state index contributed by atoms with van der Waals surface area (Å²) in [5.41, 5.74) is 0.363. The lowest BCUT2D eigenvalue weighted by Crippen LogP contribution is -2.29. The number of para-hydroxylation sites is 1. The third-order valence-corrected chi connectivity index (χ3v) is 5.66. The molecule has 3 aromatic rings. The topological polar surface area (TPSA) is 128 Å². The summed E-state index contributed by atoms with van der Waals surface area (Å²) in [6.45, 7) is 0.470. The van der Waals surface area contributed by atoms with Crippen molar-refractivity contribution in [3.63, 3.8) is 0 Å². The fraction of sp³-hybridized carbons (Fsp3) is 0.273. The van der Waals surface area contributed by atoms with Crippen molar-refractivity contribution in [3.05, 3.63) is 73.4 Å². The van der Waals surface area contributed by atoms with E-state index in [9.17, 15) is 24.3 Å². The number of aromatic nitrogens is 2. The number of esters is 2. The first-order valence-electron chi connectivity index (χ1n) is 9.62. The monoisotopic (exact) mass is 424 g/mol. The Bertz CT molecular complexity index is 1340. The van der Waals surface area contributed by atoms with E-state index >= 15 is 0 Å². The van der Waals surface area contributed by atoms with Crippen molar-refractivity contribution in [2.24, 2.45) is 0 Å². The van der Waals surface area contributed by atoms with E-state index in [4.69, 9.17) is 4.74 Å². The Morgan fingerprint density at radius 3 is 2.71 bits per heavy atom. The van der Waals surface area contributed by atoms with E-state index in [0.29, 0.717) is 13.0 Å². The molecule has 0 saturated carbocycles. The third kappa shape index (κ3) is 3.27. The van der Waals surface area contributed by atoms with Gasteiger partial charge in [-0.3, -0.25) is 14.4 Å². The molecule has 0 unspecified atom stereocenters. The van der Waals surface area contributed by atoms with Crippen molar-refractivity contribution < 1.29 is 24.2 Å². The van der Waals surface area contributed by atoms with Crippen molar-refractivity contribution in [3.8, 4) is 5.75 Å². The molecule has 9 nitrogen and oxygen atoms in total. The van der Waals surface area contributed by atoms with Crippen LogP contribution in [0.4, 0.5) is 0 Å². The van der Waals surface area contributed by atoms with Gasteiger partial charge < -0.3 is 24.1 Å². The minimum Gasteiger partial charge on any atom is -0.506 e. The molecule has 0 radical (unpaired) electrons. The maximum atomic E-state index is 13.4. The van der Waals surface area contributed by atoms with Gasteiger partial charge in [0.1, 0.15) is 11.3 Å². The molecule has 160 valence electrons. The van der Waals surface area contributed by atoms with Crippen LogP contribution in [0.15, 0.2) is 40.1 Å². The van der Waals surface area contributed by atoms with E-state index in [0.717, 1.165) is 29.8 Å². The Morgan fingerprint density at radius 1 is 1.23 bits per heavy atom. The van der Waals surface area contributed by atoms with E-state index in [1.807, 2.05) is 18.2 Å². The van der Waals surface area contributed by atoms with Gasteiger partial charge in [-0.1, -0.05) is 18.2 Å². The molecule has 0 saturated heterocycles. The van der Waals surface area contributed by atoms with Crippen LogP contribution in [0.2, 0.25) is 0 Å². The van der Waals surface area contributed by atoms with Gasteiger partial charge in [-0.15, -0.1) is 0 Å². The highest BCUT2D eigenvalue weighted by atomic mass is 16.5. The second kappa shape index (κ2) is 7.75. The van der Waals surface area contributed by atoms with Crippen LogP contribution in [0, 0.1) is 0 Å². The van der Waals surface area contributed by atoms with Gasteiger partial charge >= 0.3 is 11.9 Å². The zero-order chi connectivity index (χ0) is 22.3. The first kappa shape index (κ1) is 20.4. The summed E-state index contributed by atoms with van der Waals surface area (Å²) in [6, 6.07) is 7.29. The number of hydrogen-bond donors (Lipinski definition) is 2. The number of H-pyrrole nitrogens is 1. The number of nitrogens with zero attached hydrogens (tertiary/aromatic N) is 1. The quantitative estimate of drug-likeness (QED) is 0.593. The number of carbonyl (C=O) groups is 2. The molecule has 2 N–H and O–H groups in total. The second-order valence-electron chi connectivity index (χ2n) is 7.28. The van der Waals surface area contributed by atoms with Gasteiger partial charge in [-0.05, 0) is 23.4 Å². The predicted octanol–water partition coefficient (Wildman–Crippen LogP) is 1.43. The van der Waals surface area contributed by atoms with Crippen LogP contribution in [-0.4, -0.2) is 40.8 Å². The molecule has 4 rings (SSSR count). The normalized spacial score (nSPS) is 13.2. The molecule has 0 amide bonds. The first-order valence-corrected chi connectivity index (χ1v) is 9.62. The van der Waals surface area contributed by atoms with E-state index in [2.05, 4.69) is 9.72 Å². The van der Waals surface area contributed by atoms with Gasteiger partial charge in [0, 0.05) is 24.2 Å². The van der Waals surface area contributed by atoms with E-state index in [1.165, 1.54) is 7.11 Å². The Kier molecular flexibility index (Phi) is 5.10. The van der Waals surface area contributed by atoms with Gasteiger partial charge in [0.05, 0.1) is 31.7 Å². The number of nitrogens with one attached hydrogen (secondary N) is 1. The Morgan fingerprint density at radius 2 is 2.00 bits per heavy atom. The molecule has 1 aromatic carbocycles. The molecule has 0 spiro atoms. The largest absolute Gasteiger partial charge is 0.506 e. The van der Waals surface area contributed by atoms with E-state index in [1.54, 1.807) is 10.6 Å². The van der Waals surface area contributed by atoms with Crippen LogP contribution in [0.1, 0.15) is 39.4 Å². The molecule has 1 atom stereocenters. The number of benzene rings is 1. The molecule has 1 aliphatic rings. The van der Waals surface area contributed by atoms with E-state index < -0.39 is 29.2 Å². The first-order chi connectivity index (χ1) is 14.9. The summed E-state index contributed by atoms with van der Waals surface area (Å²) in [4.78, 5) is 52.6. The minimum absolute atomic E-state index is 0.153. The average molecular weight is 424 g/mol. The molecule has 2 aromatic heterocycles. The zero-order valence-electron chi connectivity index (χ0n) is 16.9. The molecule has 1 aliphatic heterocycles. The van der Waals surface area contributed by atoms with Gasteiger partial charge in [-0.25, -0.2) is 4.79 Å². The zero-order valence-corrected chi connectivity index (χ0v) is 16.9. The average Bonchev–Trinajstić information content (AvgIpc) is 3.20. The highest BCUT2D eigenvalue weighted by Crippen LogP contribution is 2.34. The number of hydrogen-bond acceptors (Lipinski definition) is 7. The van der Waals surface area contributed by atoms with Gasteiger partial charge in [0.15, 0.2) is 0 Å². The van der Waals surface area contributed by atoms with E-state index in [-0.39, 0.29) is 28.7 Å². The number of aromatic amines is 1. The van der Waals surface area contributed by atoms with Crippen LogP contribution >= 0.6 is 0 Å². The van der Waals surface area contributed by atoms with Crippen LogP contribution < -0.4 is 11.1 Å². The van der Waals surface area contributed by atoms with Crippen LogP contribution in [-0.2, 0) is 27.2 Å². The Labute approximate surface area is 175 Å². The summed E-state index contributed by atoms with van der Waals surface area (Å²) < 4.78 is 11.0. The Hall–Kier alpha value is -3.88. The standard InChI is InChI=1S/C22H20N2O7/c1-30-16(25)9-13(17-19(26)15(22(29)31-2)10-23-20(17)27)14-8-12-5-3-4-11-6-7-24(18(11)12)21(14)28/h3-5,8,10,13H,6-7,9H2,1-2H3,(H2,23,26,27)/t13-/m0/s1. The number of aromatic hydroxyl groups is 1. The summed E-state index contributed by atoms with van der Waals surface area (Å²) in [5, 5.41) is 11.5. The predicted molar refractivity (Wildman–Crippen MR) is 110 cm³/mol. The van der Waals surface area contributed by atoms with Crippen LogP contribution in [0.3, 0.4) is 0 Å². The number of ether oxygens (including phenoxy) is 2. The molecule has 31 heavy (non-hydrogen) atoms. The lowest BCUT2D eigenvalue weighted by molar-refractivity contribution is -0.140. The smallest absolute Gasteiger partial charge is 0.343 e. The van der Waals surface area contributed by atoms with Crippen molar-refractivity contribution >= 4 is 22.8 Å². The van der Waals surface area contributed by atoms with Crippen molar-refractivity contribution in [1.82, 2.24) is 9.55 Å². The second-order valence-corrected chi connectivity index (χ2v) is 7.28. The SMILES string of the molecule is COC(=O)C[C@H](c1c(O)c(C(=O)OC)c[nH]c1=O)c1cc2cccc3c2n(c1=O)CC3.